The minimum absolute atomic E-state index is 0.0288. The van der Waals surface area contributed by atoms with Gasteiger partial charge < -0.3 is 5.32 Å². The van der Waals surface area contributed by atoms with Crippen LogP contribution in [0.3, 0.4) is 0 Å². The highest BCUT2D eigenvalue weighted by Crippen LogP contribution is 2.25. The summed E-state index contributed by atoms with van der Waals surface area (Å²) < 4.78 is 1.83. The largest absolute Gasteiger partial charge is 0.310 e. The first kappa shape index (κ1) is 15.2. The third-order valence-electron chi connectivity index (χ3n) is 4.18. The number of fused-ring (bicyclic) bond motifs is 1. The fourth-order valence-electron chi connectivity index (χ4n) is 2.82. The summed E-state index contributed by atoms with van der Waals surface area (Å²) in [6.45, 7) is 7.87. The van der Waals surface area contributed by atoms with Crippen molar-refractivity contribution in [1.29, 1.82) is 0 Å². The van der Waals surface area contributed by atoms with Gasteiger partial charge in [-0.25, -0.2) is 4.68 Å². The number of anilines is 1. The number of rotatable bonds is 4. The minimum Gasteiger partial charge on any atom is -0.310 e. The van der Waals surface area contributed by atoms with E-state index in [2.05, 4.69) is 40.6 Å². The third-order valence-corrected chi connectivity index (χ3v) is 5.20. The predicted octanol–water partition coefficient (Wildman–Crippen LogP) is 2.91. The number of nitrogens with one attached hydrogen (secondary N) is 1. The van der Waals surface area contributed by atoms with Crippen molar-refractivity contribution in [2.45, 2.75) is 45.8 Å². The van der Waals surface area contributed by atoms with Crippen molar-refractivity contribution in [2.75, 3.05) is 11.9 Å². The summed E-state index contributed by atoms with van der Waals surface area (Å²) >= 11 is 1.82. The van der Waals surface area contributed by atoms with Crippen molar-refractivity contribution in [3.8, 4) is 0 Å². The molecule has 2 aromatic rings. The van der Waals surface area contributed by atoms with Gasteiger partial charge in [0.2, 0.25) is 5.91 Å². The summed E-state index contributed by atoms with van der Waals surface area (Å²) in [5, 5.41) is 9.40. The topological polar surface area (TPSA) is 50.2 Å². The van der Waals surface area contributed by atoms with Gasteiger partial charge >= 0.3 is 0 Å². The molecule has 2 aromatic heterocycles. The van der Waals surface area contributed by atoms with Crippen molar-refractivity contribution >= 4 is 23.1 Å². The van der Waals surface area contributed by atoms with E-state index in [9.17, 15) is 4.79 Å². The van der Waals surface area contributed by atoms with Gasteiger partial charge in [0.05, 0.1) is 12.2 Å². The molecule has 5 nitrogen and oxygen atoms in total. The highest BCUT2D eigenvalue weighted by atomic mass is 32.1. The zero-order chi connectivity index (χ0) is 15.7. The van der Waals surface area contributed by atoms with Crippen LogP contribution in [0.5, 0.6) is 0 Å². The molecule has 0 spiro atoms. The van der Waals surface area contributed by atoms with Gasteiger partial charge in [-0.3, -0.25) is 9.69 Å². The van der Waals surface area contributed by atoms with Crippen LogP contribution in [0.15, 0.2) is 23.7 Å². The number of hydrogen-bond acceptors (Lipinski definition) is 4. The summed E-state index contributed by atoms with van der Waals surface area (Å²) in [6, 6.07) is 4.09. The predicted molar refractivity (Wildman–Crippen MR) is 89.1 cm³/mol. The van der Waals surface area contributed by atoms with Gasteiger partial charge in [0.15, 0.2) is 0 Å². The Morgan fingerprint density at radius 3 is 2.95 bits per heavy atom. The number of hydrogen-bond donors (Lipinski definition) is 1. The molecule has 1 aliphatic rings. The van der Waals surface area contributed by atoms with Crippen LogP contribution in [0, 0.1) is 0 Å². The quantitative estimate of drug-likeness (QED) is 0.943. The van der Waals surface area contributed by atoms with Crippen LogP contribution in [-0.4, -0.2) is 33.2 Å². The number of carbonyl (C=O) groups excluding carboxylic acids is 1. The van der Waals surface area contributed by atoms with Gasteiger partial charge in [0.25, 0.3) is 0 Å². The smallest absolute Gasteiger partial charge is 0.242 e. The molecule has 1 atom stereocenters. The van der Waals surface area contributed by atoms with Gasteiger partial charge in [-0.2, -0.15) is 5.10 Å². The first-order valence-corrected chi connectivity index (χ1v) is 8.58. The molecule has 0 saturated carbocycles. The van der Waals surface area contributed by atoms with Crippen LogP contribution >= 0.6 is 11.3 Å². The summed E-state index contributed by atoms with van der Waals surface area (Å²) in [5.41, 5.74) is 1.36. The van der Waals surface area contributed by atoms with Crippen molar-refractivity contribution in [3.63, 3.8) is 0 Å². The molecule has 1 amide bonds. The Balaban J connectivity index is 1.66. The molecule has 0 aliphatic carbocycles. The first-order chi connectivity index (χ1) is 10.6. The number of aromatic nitrogens is 2. The van der Waals surface area contributed by atoms with E-state index in [1.54, 1.807) is 6.20 Å². The lowest BCUT2D eigenvalue weighted by Gasteiger charge is -2.31. The Bertz CT molecular complexity index is 661. The van der Waals surface area contributed by atoms with Crippen molar-refractivity contribution < 1.29 is 4.79 Å². The number of amides is 1. The molecule has 0 fully saturated rings. The maximum atomic E-state index is 12.5. The number of carbonyl (C=O) groups is 1. The molecule has 0 radical (unpaired) electrons. The molecule has 6 heteroatoms. The SMILES string of the molecule is CC(C)n1nccc1NC(=O)[C@H](C)N1CCc2sccc2C1. The first-order valence-electron chi connectivity index (χ1n) is 7.70. The number of thiophene rings is 1. The highest BCUT2D eigenvalue weighted by Gasteiger charge is 2.26. The molecule has 3 heterocycles. The zero-order valence-electron chi connectivity index (χ0n) is 13.2. The Morgan fingerprint density at radius 2 is 2.18 bits per heavy atom. The van der Waals surface area contributed by atoms with E-state index in [0.717, 1.165) is 25.3 Å². The monoisotopic (exact) mass is 318 g/mol. The summed E-state index contributed by atoms with van der Waals surface area (Å²) in [7, 11) is 0. The Kier molecular flexibility index (Phi) is 4.31. The minimum atomic E-state index is -0.149. The van der Waals surface area contributed by atoms with Crippen LogP contribution in [0.4, 0.5) is 5.82 Å². The molecule has 22 heavy (non-hydrogen) atoms. The molecule has 0 aromatic carbocycles. The molecule has 1 N–H and O–H groups in total. The molecule has 0 bridgehead atoms. The second-order valence-corrected chi connectivity index (χ2v) is 7.01. The molecular formula is C16H22N4OS. The molecule has 0 unspecified atom stereocenters. The average Bonchev–Trinajstić information content (AvgIpc) is 3.13. The second-order valence-electron chi connectivity index (χ2n) is 6.01. The van der Waals surface area contributed by atoms with Gasteiger partial charge in [-0.1, -0.05) is 0 Å². The zero-order valence-corrected chi connectivity index (χ0v) is 14.1. The van der Waals surface area contributed by atoms with E-state index in [0.29, 0.717) is 0 Å². The summed E-state index contributed by atoms with van der Waals surface area (Å²) in [4.78, 5) is 16.2. The molecule has 0 saturated heterocycles. The van der Waals surface area contributed by atoms with Crippen molar-refractivity contribution in [2.24, 2.45) is 0 Å². The van der Waals surface area contributed by atoms with Crippen LogP contribution in [0.25, 0.3) is 0 Å². The van der Waals surface area contributed by atoms with E-state index in [4.69, 9.17) is 0 Å². The summed E-state index contributed by atoms with van der Waals surface area (Å²) in [5.74, 6) is 0.793. The number of nitrogens with zero attached hydrogens (tertiary/aromatic N) is 3. The van der Waals surface area contributed by atoms with Gasteiger partial charge in [-0.05, 0) is 44.2 Å². The normalized spacial score (nSPS) is 16.5. The fourth-order valence-corrected chi connectivity index (χ4v) is 3.71. The van der Waals surface area contributed by atoms with Crippen molar-refractivity contribution in [3.05, 3.63) is 34.2 Å². The lowest BCUT2D eigenvalue weighted by atomic mass is 10.1. The molecule has 118 valence electrons. The lowest BCUT2D eigenvalue weighted by molar-refractivity contribution is -0.121. The second kappa shape index (κ2) is 6.22. The van der Waals surface area contributed by atoms with E-state index >= 15 is 0 Å². The van der Waals surface area contributed by atoms with Gasteiger partial charge in [-0.15, -0.1) is 11.3 Å². The van der Waals surface area contributed by atoms with E-state index in [1.165, 1.54) is 10.4 Å². The summed E-state index contributed by atoms with van der Waals surface area (Å²) in [6.07, 6.45) is 2.76. The van der Waals surface area contributed by atoms with Crippen LogP contribution in [-0.2, 0) is 17.8 Å². The van der Waals surface area contributed by atoms with E-state index in [1.807, 2.05) is 29.0 Å². The van der Waals surface area contributed by atoms with Gasteiger partial charge in [0, 0.05) is 30.1 Å². The fraction of sp³-hybridized carbons (Fsp3) is 0.500. The molecule has 1 aliphatic heterocycles. The maximum Gasteiger partial charge on any atom is 0.242 e. The van der Waals surface area contributed by atoms with Crippen LogP contribution in [0.1, 0.15) is 37.3 Å². The highest BCUT2D eigenvalue weighted by molar-refractivity contribution is 7.10. The van der Waals surface area contributed by atoms with E-state index in [-0.39, 0.29) is 18.0 Å². The standard InChI is InChI=1S/C16H22N4OS/c1-11(2)20-15(4-7-17-20)18-16(21)12(3)19-8-5-14-13(10-19)6-9-22-14/h4,6-7,9,11-12H,5,8,10H2,1-3H3,(H,18,21)/t12-/m0/s1. The Morgan fingerprint density at radius 1 is 1.36 bits per heavy atom. The molecule has 3 rings (SSSR count). The average molecular weight is 318 g/mol. The Hall–Kier alpha value is -1.66. The Labute approximate surface area is 134 Å². The van der Waals surface area contributed by atoms with Crippen LogP contribution in [0.2, 0.25) is 0 Å². The van der Waals surface area contributed by atoms with E-state index < -0.39 is 0 Å². The lowest BCUT2D eigenvalue weighted by Crippen LogP contribution is -2.44. The molecular weight excluding hydrogens is 296 g/mol. The third kappa shape index (κ3) is 2.94. The maximum absolute atomic E-state index is 12.5. The van der Waals surface area contributed by atoms with Crippen LogP contribution < -0.4 is 5.32 Å². The van der Waals surface area contributed by atoms with Gasteiger partial charge in [0.1, 0.15) is 5.82 Å². The van der Waals surface area contributed by atoms with Crippen molar-refractivity contribution in [1.82, 2.24) is 14.7 Å².